The van der Waals surface area contributed by atoms with Crippen LogP contribution in [0.25, 0.3) is 0 Å². The number of nitrogens with two attached hydrogens (primary N) is 1. The summed E-state index contributed by atoms with van der Waals surface area (Å²) < 4.78 is 27.1. The molecular weight excluding hydrogens is 252 g/mol. The molecule has 1 heterocycles. The third-order valence-corrected chi connectivity index (χ3v) is 5.54. The normalized spacial score (nSPS) is 29.8. The predicted octanol–water partition coefficient (Wildman–Crippen LogP) is 0.450. The van der Waals surface area contributed by atoms with Crippen LogP contribution < -0.4 is 10.5 Å². The fourth-order valence-electron chi connectivity index (χ4n) is 3.09. The number of nitrogens with zero attached hydrogens (tertiary/aromatic N) is 1. The molecule has 1 fully saturated rings. The summed E-state index contributed by atoms with van der Waals surface area (Å²) in [6.07, 6.45) is 2.65. The van der Waals surface area contributed by atoms with Crippen molar-refractivity contribution < 1.29 is 8.42 Å². The summed E-state index contributed by atoms with van der Waals surface area (Å²) in [5.74, 6) is 0. The highest BCUT2D eigenvalue weighted by molar-refractivity contribution is 7.89. The van der Waals surface area contributed by atoms with Crippen molar-refractivity contribution in [1.29, 1.82) is 0 Å². The summed E-state index contributed by atoms with van der Waals surface area (Å²) >= 11 is 0. The van der Waals surface area contributed by atoms with E-state index >= 15 is 0 Å². The summed E-state index contributed by atoms with van der Waals surface area (Å²) in [6, 6.07) is -0.234. The van der Waals surface area contributed by atoms with Crippen LogP contribution in [0.1, 0.15) is 27.7 Å². The number of nitrogens with one attached hydrogen (secondary N) is 2. The van der Waals surface area contributed by atoms with Gasteiger partial charge in [-0.15, -0.1) is 0 Å². The van der Waals surface area contributed by atoms with Gasteiger partial charge in [0.25, 0.3) is 0 Å². The molecule has 0 aromatic carbocycles. The van der Waals surface area contributed by atoms with E-state index in [1.54, 1.807) is 0 Å². The number of aromatic amines is 1. The minimum absolute atomic E-state index is 0.0398. The molecule has 0 spiro atoms. The molecule has 1 saturated carbocycles. The lowest BCUT2D eigenvalue weighted by atomic mass is 9.49. The molecule has 18 heavy (non-hydrogen) atoms. The second kappa shape index (κ2) is 3.79. The molecule has 6 nitrogen and oxygen atoms in total. The zero-order chi connectivity index (χ0) is 13.8. The van der Waals surface area contributed by atoms with Gasteiger partial charge >= 0.3 is 0 Å². The number of aromatic nitrogens is 2. The van der Waals surface area contributed by atoms with E-state index in [0.29, 0.717) is 0 Å². The Morgan fingerprint density at radius 2 is 1.89 bits per heavy atom. The summed E-state index contributed by atoms with van der Waals surface area (Å²) in [4.78, 5) is 0.148. The molecule has 7 heteroatoms. The number of hydrogen-bond acceptors (Lipinski definition) is 4. The maximum Gasteiger partial charge on any atom is 0.243 e. The molecule has 0 bridgehead atoms. The zero-order valence-corrected chi connectivity index (χ0v) is 11.9. The van der Waals surface area contributed by atoms with Crippen LogP contribution in [0.4, 0.5) is 0 Å². The van der Waals surface area contributed by atoms with Gasteiger partial charge in [-0.25, -0.2) is 13.1 Å². The number of hydrogen-bond donors (Lipinski definition) is 3. The fraction of sp³-hybridized carbons (Fsp3) is 0.727. The first-order valence-electron chi connectivity index (χ1n) is 5.87. The van der Waals surface area contributed by atoms with E-state index in [1.807, 2.05) is 27.7 Å². The summed E-state index contributed by atoms with van der Waals surface area (Å²) in [6.45, 7) is 7.91. The molecule has 0 amide bonds. The maximum atomic E-state index is 12.2. The Hall–Kier alpha value is -0.920. The minimum atomic E-state index is -3.54. The Balaban J connectivity index is 2.26. The van der Waals surface area contributed by atoms with E-state index in [4.69, 9.17) is 5.73 Å². The van der Waals surface area contributed by atoms with Crippen LogP contribution in [0.15, 0.2) is 17.3 Å². The van der Waals surface area contributed by atoms with Gasteiger partial charge in [-0.1, -0.05) is 27.7 Å². The van der Waals surface area contributed by atoms with Gasteiger partial charge in [-0.3, -0.25) is 5.10 Å². The number of H-pyrrole nitrogens is 1. The topological polar surface area (TPSA) is 101 Å². The third kappa shape index (κ3) is 1.77. The van der Waals surface area contributed by atoms with Gasteiger partial charge in [-0.05, 0) is 10.8 Å². The predicted molar refractivity (Wildman–Crippen MR) is 68.2 cm³/mol. The van der Waals surface area contributed by atoms with E-state index < -0.39 is 10.0 Å². The van der Waals surface area contributed by atoms with Crippen molar-refractivity contribution in [3.63, 3.8) is 0 Å². The Kier molecular flexibility index (Phi) is 2.84. The minimum Gasteiger partial charge on any atom is -0.327 e. The Labute approximate surface area is 107 Å². The molecule has 2 rings (SSSR count). The van der Waals surface area contributed by atoms with Crippen LogP contribution in [-0.4, -0.2) is 30.7 Å². The lowest BCUT2D eigenvalue weighted by Gasteiger charge is -2.62. The second-order valence-corrected chi connectivity index (χ2v) is 7.82. The van der Waals surface area contributed by atoms with Gasteiger partial charge in [0.05, 0.1) is 6.20 Å². The van der Waals surface area contributed by atoms with Gasteiger partial charge in [0.2, 0.25) is 10.0 Å². The summed E-state index contributed by atoms with van der Waals surface area (Å²) in [5, 5.41) is 6.16. The third-order valence-electron chi connectivity index (χ3n) is 4.15. The molecule has 102 valence electrons. The highest BCUT2D eigenvalue weighted by Crippen LogP contribution is 2.52. The van der Waals surface area contributed by atoms with Crippen molar-refractivity contribution in [2.45, 2.75) is 44.7 Å². The number of rotatable bonds is 3. The van der Waals surface area contributed by atoms with Crippen molar-refractivity contribution in [3.05, 3.63) is 12.4 Å². The molecule has 4 N–H and O–H groups in total. The van der Waals surface area contributed by atoms with E-state index in [2.05, 4.69) is 14.9 Å². The average Bonchev–Trinajstić information content (AvgIpc) is 2.78. The standard InChI is InChI=1S/C11H20N4O2S/c1-10(2)8(12)11(3,4)9(10)15-18(16,17)7-5-13-14-6-7/h5-6,8-9,15H,12H2,1-4H3,(H,13,14). The van der Waals surface area contributed by atoms with E-state index in [0.717, 1.165) is 0 Å². The smallest absolute Gasteiger partial charge is 0.243 e. The molecule has 0 aliphatic heterocycles. The molecule has 0 unspecified atom stereocenters. The maximum absolute atomic E-state index is 12.2. The summed E-state index contributed by atoms with van der Waals surface area (Å²) in [7, 11) is -3.54. The molecular formula is C11H20N4O2S. The van der Waals surface area contributed by atoms with Gasteiger partial charge in [-0.2, -0.15) is 5.10 Å². The van der Waals surface area contributed by atoms with Crippen molar-refractivity contribution >= 4 is 10.0 Å². The first-order valence-corrected chi connectivity index (χ1v) is 7.35. The van der Waals surface area contributed by atoms with E-state index in [1.165, 1.54) is 12.4 Å². The molecule has 0 radical (unpaired) electrons. The zero-order valence-electron chi connectivity index (χ0n) is 11.1. The van der Waals surface area contributed by atoms with E-state index in [-0.39, 0.29) is 27.8 Å². The fourth-order valence-corrected chi connectivity index (χ4v) is 4.55. The van der Waals surface area contributed by atoms with Gasteiger partial charge < -0.3 is 5.73 Å². The molecule has 1 aliphatic carbocycles. The number of sulfonamides is 1. The largest absolute Gasteiger partial charge is 0.327 e. The average molecular weight is 272 g/mol. The van der Waals surface area contributed by atoms with Crippen molar-refractivity contribution in [2.24, 2.45) is 16.6 Å². The molecule has 1 aromatic rings. The second-order valence-electron chi connectivity index (χ2n) is 6.11. The quantitative estimate of drug-likeness (QED) is 0.743. The van der Waals surface area contributed by atoms with Crippen LogP contribution in [-0.2, 0) is 10.0 Å². The highest BCUT2D eigenvalue weighted by atomic mass is 32.2. The van der Waals surface area contributed by atoms with Crippen LogP contribution in [0.5, 0.6) is 0 Å². The lowest BCUT2D eigenvalue weighted by Crippen LogP contribution is -2.75. The Bertz CT molecular complexity index is 517. The Morgan fingerprint density at radius 3 is 2.33 bits per heavy atom. The van der Waals surface area contributed by atoms with Gasteiger partial charge in [0.15, 0.2) is 0 Å². The molecule has 1 aromatic heterocycles. The molecule has 0 saturated heterocycles. The first-order chi connectivity index (χ1) is 8.10. The molecule has 0 atom stereocenters. The van der Waals surface area contributed by atoms with Crippen LogP contribution in [0, 0.1) is 10.8 Å². The first kappa shape index (κ1) is 13.5. The van der Waals surface area contributed by atoms with Gasteiger partial charge in [0, 0.05) is 18.3 Å². The van der Waals surface area contributed by atoms with Crippen LogP contribution >= 0.6 is 0 Å². The van der Waals surface area contributed by atoms with Crippen LogP contribution in [0.3, 0.4) is 0 Å². The van der Waals surface area contributed by atoms with Crippen molar-refractivity contribution in [2.75, 3.05) is 0 Å². The van der Waals surface area contributed by atoms with E-state index in [9.17, 15) is 8.42 Å². The SMILES string of the molecule is CC1(C)C(N)C(C)(C)C1NS(=O)(=O)c1cn[nH]c1. The lowest BCUT2D eigenvalue weighted by molar-refractivity contribution is -0.0593. The van der Waals surface area contributed by atoms with Crippen LogP contribution in [0.2, 0.25) is 0 Å². The van der Waals surface area contributed by atoms with Gasteiger partial charge in [0.1, 0.15) is 4.90 Å². The summed E-state index contributed by atoms with van der Waals surface area (Å²) in [5.41, 5.74) is 5.58. The van der Waals surface area contributed by atoms with Crippen molar-refractivity contribution in [1.82, 2.24) is 14.9 Å². The molecule has 1 aliphatic rings. The monoisotopic (exact) mass is 272 g/mol. The van der Waals surface area contributed by atoms with Crippen molar-refractivity contribution in [3.8, 4) is 0 Å². The Morgan fingerprint density at radius 1 is 1.33 bits per heavy atom. The highest BCUT2D eigenvalue weighted by Gasteiger charge is 2.61.